The van der Waals surface area contributed by atoms with Crippen molar-refractivity contribution in [1.82, 2.24) is 14.1 Å². The Bertz CT molecular complexity index is 539. The predicted octanol–water partition coefficient (Wildman–Crippen LogP) is 1.42. The summed E-state index contributed by atoms with van der Waals surface area (Å²) >= 11 is 0. The van der Waals surface area contributed by atoms with E-state index in [4.69, 9.17) is 0 Å². The van der Waals surface area contributed by atoms with Crippen LogP contribution in [-0.2, 0) is 13.1 Å². The van der Waals surface area contributed by atoms with E-state index in [0.29, 0.717) is 6.54 Å². The summed E-state index contributed by atoms with van der Waals surface area (Å²) in [6.07, 6.45) is 5.40. The molecule has 4 nitrogen and oxygen atoms in total. The zero-order valence-electron chi connectivity index (χ0n) is 9.55. The second kappa shape index (κ2) is 4.35. The normalized spacial score (nSPS) is 10.6. The van der Waals surface area contributed by atoms with Crippen LogP contribution in [0, 0.1) is 6.92 Å². The molecule has 2 heterocycles. The first-order valence-corrected chi connectivity index (χ1v) is 5.37. The molecule has 0 bridgehead atoms. The van der Waals surface area contributed by atoms with Gasteiger partial charge in [0.1, 0.15) is 0 Å². The average molecular weight is 217 g/mol. The van der Waals surface area contributed by atoms with E-state index >= 15 is 0 Å². The monoisotopic (exact) mass is 217 g/mol. The molecule has 0 atom stereocenters. The van der Waals surface area contributed by atoms with Crippen molar-refractivity contribution in [1.29, 1.82) is 0 Å². The van der Waals surface area contributed by atoms with Gasteiger partial charge in [-0.2, -0.15) is 0 Å². The van der Waals surface area contributed by atoms with Gasteiger partial charge >= 0.3 is 0 Å². The maximum Gasteiger partial charge on any atom is 0.253 e. The van der Waals surface area contributed by atoms with Gasteiger partial charge in [0.2, 0.25) is 0 Å². The highest BCUT2D eigenvalue weighted by atomic mass is 16.1. The molecule has 0 aliphatic rings. The van der Waals surface area contributed by atoms with Crippen molar-refractivity contribution >= 4 is 0 Å². The molecule has 16 heavy (non-hydrogen) atoms. The zero-order chi connectivity index (χ0) is 11.5. The van der Waals surface area contributed by atoms with E-state index in [0.717, 1.165) is 17.8 Å². The summed E-state index contributed by atoms with van der Waals surface area (Å²) in [4.78, 5) is 15.9. The average Bonchev–Trinajstić information content (AvgIpc) is 2.72. The van der Waals surface area contributed by atoms with Gasteiger partial charge in [-0.1, -0.05) is 6.07 Å². The second-order valence-electron chi connectivity index (χ2n) is 3.80. The third-order valence-corrected chi connectivity index (χ3v) is 2.68. The summed E-state index contributed by atoms with van der Waals surface area (Å²) in [7, 11) is 0. The minimum atomic E-state index is 0.0614. The van der Waals surface area contributed by atoms with Crippen molar-refractivity contribution in [3.8, 4) is 0 Å². The number of aryl methyl sites for hydroxylation is 2. The summed E-state index contributed by atoms with van der Waals surface area (Å²) in [6, 6.07) is 3.72. The number of rotatable bonds is 3. The number of hydrogen-bond donors (Lipinski definition) is 0. The lowest BCUT2D eigenvalue weighted by atomic mass is 10.3. The molecule has 0 aliphatic carbocycles. The van der Waals surface area contributed by atoms with Crippen LogP contribution in [0.1, 0.15) is 18.2 Å². The summed E-state index contributed by atoms with van der Waals surface area (Å²) in [5.74, 6) is 0. The van der Waals surface area contributed by atoms with Crippen LogP contribution in [0.3, 0.4) is 0 Å². The molecule has 0 fully saturated rings. The summed E-state index contributed by atoms with van der Waals surface area (Å²) in [5, 5.41) is 0. The van der Waals surface area contributed by atoms with Crippen LogP contribution in [0.5, 0.6) is 0 Å². The van der Waals surface area contributed by atoms with Gasteiger partial charge in [-0.15, -0.1) is 0 Å². The lowest BCUT2D eigenvalue weighted by Gasteiger charge is -2.08. The van der Waals surface area contributed by atoms with Gasteiger partial charge in [0.25, 0.3) is 5.56 Å². The lowest BCUT2D eigenvalue weighted by Crippen LogP contribution is -2.22. The molecule has 2 aromatic heterocycles. The van der Waals surface area contributed by atoms with Gasteiger partial charge in [0.05, 0.1) is 18.6 Å². The first-order chi connectivity index (χ1) is 7.72. The van der Waals surface area contributed by atoms with E-state index in [2.05, 4.69) is 11.9 Å². The van der Waals surface area contributed by atoms with Gasteiger partial charge in [-0.3, -0.25) is 4.79 Å². The molecular formula is C12H15N3O. The fourth-order valence-corrected chi connectivity index (χ4v) is 1.72. The molecule has 0 unspecified atom stereocenters. The van der Waals surface area contributed by atoms with Crippen LogP contribution in [0.15, 0.2) is 35.6 Å². The van der Waals surface area contributed by atoms with Gasteiger partial charge < -0.3 is 9.13 Å². The molecule has 0 aliphatic heterocycles. The Morgan fingerprint density at radius 1 is 1.38 bits per heavy atom. The number of nitrogens with zero attached hydrogens (tertiary/aromatic N) is 3. The maximum absolute atomic E-state index is 11.8. The van der Waals surface area contributed by atoms with Crippen molar-refractivity contribution in [2.75, 3.05) is 0 Å². The van der Waals surface area contributed by atoms with E-state index in [1.165, 1.54) is 0 Å². The van der Waals surface area contributed by atoms with Crippen LogP contribution in [0.25, 0.3) is 0 Å². The minimum absolute atomic E-state index is 0.0614. The largest absolute Gasteiger partial charge is 0.333 e. The molecule has 0 N–H and O–H groups in total. The number of hydrogen-bond acceptors (Lipinski definition) is 2. The van der Waals surface area contributed by atoms with E-state index in [-0.39, 0.29) is 5.56 Å². The third-order valence-electron chi connectivity index (χ3n) is 2.68. The Hall–Kier alpha value is -1.84. The SMILES string of the molecule is CCn1cncc1Cn1cccc(C)c1=O. The van der Waals surface area contributed by atoms with Crippen LogP contribution < -0.4 is 5.56 Å². The molecule has 0 amide bonds. The van der Waals surface area contributed by atoms with Crippen molar-refractivity contribution in [3.63, 3.8) is 0 Å². The van der Waals surface area contributed by atoms with Gasteiger partial charge in [0.15, 0.2) is 0 Å². The molecule has 0 radical (unpaired) electrons. The molecule has 4 heteroatoms. The highest BCUT2D eigenvalue weighted by Gasteiger charge is 2.03. The Balaban J connectivity index is 2.34. The molecule has 2 rings (SSSR count). The predicted molar refractivity (Wildman–Crippen MR) is 62.4 cm³/mol. The standard InChI is InChI=1S/C12H15N3O/c1-3-14-9-13-7-11(14)8-15-6-4-5-10(2)12(15)16/h4-7,9H,3,8H2,1-2H3. The van der Waals surface area contributed by atoms with Crippen molar-refractivity contribution in [2.45, 2.75) is 26.9 Å². The van der Waals surface area contributed by atoms with Gasteiger partial charge in [-0.05, 0) is 19.9 Å². The summed E-state index contributed by atoms with van der Waals surface area (Å²) in [5.41, 5.74) is 1.88. The summed E-state index contributed by atoms with van der Waals surface area (Å²) in [6.45, 7) is 5.34. The Labute approximate surface area is 94.2 Å². The first kappa shape index (κ1) is 10.7. The van der Waals surface area contributed by atoms with Crippen LogP contribution >= 0.6 is 0 Å². The van der Waals surface area contributed by atoms with E-state index in [1.807, 2.05) is 29.8 Å². The van der Waals surface area contributed by atoms with Crippen molar-refractivity contribution in [2.24, 2.45) is 0 Å². The van der Waals surface area contributed by atoms with Crippen molar-refractivity contribution in [3.05, 3.63) is 52.5 Å². The topological polar surface area (TPSA) is 39.8 Å². The minimum Gasteiger partial charge on any atom is -0.333 e. The van der Waals surface area contributed by atoms with E-state index in [1.54, 1.807) is 17.1 Å². The molecule has 0 saturated carbocycles. The quantitative estimate of drug-likeness (QED) is 0.780. The molecule has 2 aromatic rings. The maximum atomic E-state index is 11.8. The molecule has 84 valence electrons. The molecule has 0 saturated heterocycles. The van der Waals surface area contributed by atoms with E-state index < -0.39 is 0 Å². The Morgan fingerprint density at radius 2 is 2.19 bits per heavy atom. The van der Waals surface area contributed by atoms with Gasteiger partial charge in [0, 0.05) is 24.5 Å². The van der Waals surface area contributed by atoms with Crippen LogP contribution in [-0.4, -0.2) is 14.1 Å². The second-order valence-corrected chi connectivity index (χ2v) is 3.80. The third kappa shape index (κ3) is 1.91. The van der Waals surface area contributed by atoms with E-state index in [9.17, 15) is 4.79 Å². The fraction of sp³-hybridized carbons (Fsp3) is 0.333. The highest BCUT2D eigenvalue weighted by Crippen LogP contribution is 2.01. The van der Waals surface area contributed by atoms with Crippen LogP contribution in [0.2, 0.25) is 0 Å². The Kier molecular flexibility index (Phi) is 2.90. The van der Waals surface area contributed by atoms with Gasteiger partial charge in [-0.25, -0.2) is 4.98 Å². The number of aromatic nitrogens is 3. The number of pyridine rings is 1. The molecule has 0 spiro atoms. The molecule has 0 aromatic carbocycles. The smallest absolute Gasteiger partial charge is 0.253 e. The Morgan fingerprint density at radius 3 is 2.94 bits per heavy atom. The lowest BCUT2D eigenvalue weighted by molar-refractivity contribution is 0.654. The van der Waals surface area contributed by atoms with Crippen LogP contribution in [0.4, 0.5) is 0 Å². The van der Waals surface area contributed by atoms with Crippen molar-refractivity contribution < 1.29 is 0 Å². The fourth-order valence-electron chi connectivity index (χ4n) is 1.72. The zero-order valence-corrected chi connectivity index (χ0v) is 9.55. The number of imidazole rings is 1. The molecular weight excluding hydrogens is 202 g/mol. The first-order valence-electron chi connectivity index (χ1n) is 5.37. The summed E-state index contributed by atoms with van der Waals surface area (Å²) < 4.78 is 3.74. The highest BCUT2D eigenvalue weighted by molar-refractivity contribution is 5.09.